The maximum atomic E-state index is 5.33. The van der Waals surface area contributed by atoms with Gasteiger partial charge in [-0.1, -0.05) is 0 Å². The first-order valence-corrected chi connectivity index (χ1v) is 6.87. The van der Waals surface area contributed by atoms with Gasteiger partial charge in [-0.2, -0.15) is 5.10 Å². The molecule has 6 heteroatoms. The first-order chi connectivity index (χ1) is 9.83. The number of ether oxygens (including phenoxy) is 2. The smallest absolute Gasteiger partial charge is 0.162 e. The molecule has 0 fully saturated rings. The minimum absolute atomic E-state index is 0.672. The molecule has 0 aliphatic carbocycles. The molecular weight excluding hydrogens is 274 g/mol. The summed E-state index contributed by atoms with van der Waals surface area (Å²) < 4.78 is 12.4. The SMILES string of the molecule is COc1ccc(-n2nccc2-c2nccs2)cc1OC. The molecule has 0 unspecified atom stereocenters. The summed E-state index contributed by atoms with van der Waals surface area (Å²) in [5.74, 6) is 1.37. The highest BCUT2D eigenvalue weighted by Crippen LogP contribution is 2.31. The van der Waals surface area contributed by atoms with Gasteiger partial charge in [-0.15, -0.1) is 11.3 Å². The predicted molar refractivity (Wildman–Crippen MR) is 77.8 cm³/mol. The Hall–Kier alpha value is -2.34. The van der Waals surface area contributed by atoms with Gasteiger partial charge in [0.1, 0.15) is 10.7 Å². The number of rotatable bonds is 4. The van der Waals surface area contributed by atoms with E-state index in [1.54, 1.807) is 38.0 Å². The molecule has 2 aromatic heterocycles. The topological polar surface area (TPSA) is 49.2 Å². The van der Waals surface area contributed by atoms with Crippen LogP contribution in [0.15, 0.2) is 42.0 Å². The highest BCUT2D eigenvalue weighted by molar-refractivity contribution is 7.13. The first-order valence-electron chi connectivity index (χ1n) is 6.00. The summed E-state index contributed by atoms with van der Waals surface area (Å²) in [7, 11) is 3.24. The average Bonchev–Trinajstić information content (AvgIpc) is 3.16. The van der Waals surface area contributed by atoms with Crippen LogP contribution in [0.4, 0.5) is 0 Å². The molecular formula is C14H13N3O2S. The van der Waals surface area contributed by atoms with Gasteiger partial charge >= 0.3 is 0 Å². The fraction of sp³-hybridized carbons (Fsp3) is 0.143. The predicted octanol–water partition coefficient (Wildman–Crippen LogP) is 3.01. The highest BCUT2D eigenvalue weighted by Gasteiger charge is 2.12. The van der Waals surface area contributed by atoms with Crippen LogP contribution in [0.1, 0.15) is 0 Å². The van der Waals surface area contributed by atoms with Crippen molar-refractivity contribution in [3.63, 3.8) is 0 Å². The first kappa shape index (κ1) is 12.7. The van der Waals surface area contributed by atoms with Crippen molar-refractivity contribution < 1.29 is 9.47 Å². The molecule has 0 saturated carbocycles. The second-order valence-corrected chi connectivity index (χ2v) is 4.90. The lowest BCUT2D eigenvalue weighted by Crippen LogP contribution is -2.00. The Balaban J connectivity index is 2.08. The van der Waals surface area contributed by atoms with Crippen molar-refractivity contribution >= 4 is 11.3 Å². The lowest BCUT2D eigenvalue weighted by Gasteiger charge is -2.11. The number of aromatic nitrogens is 3. The van der Waals surface area contributed by atoms with Gasteiger partial charge in [0.05, 0.1) is 26.1 Å². The van der Waals surface area contributed by atoms with Crippen LogP contribution < -0.4 is 9.47 Å². The number of hydrogen-bond acceptors (Lipinski definition) is 5. The Kier molecular flexibility index (Phi) is 3.39. The van der Waals surface area contributed by atoms with Crippen LogP contribution in [0.25, 0.3) is 16.4 Å². The maximum absolute atomic E-state index is 5.33. The summed E-state index contributed by atoms with van der Waals surface area (Å²) in [6.45, 7) is 0. The Morgan fingerprint density at radius 2 is 1.90 bits per heavy atom. The Labute approximate surface area is 120 Å². The third kappa shape index (κ3) is 2.14. The van der Waals surface area contributed by atoms with Crippen molar-refractivity contribution in [3.05, 3.63) is 42.0 Å². The summed E-state index contributed by atoms with van der Waals surface area (Å²) in [4.78, 5) is 4.32. The maximum Gasteiger partial charge on any atom is 0.162 e. The van der Waals surface area contributed by atoms with Gasteiger partial charge < -0.3 is 9.47 Å². The second-order valence-electron chi connectivity index (χ2n) is 4.00. The van der Waals surface area contributed by atoms with Crippen LogP contribution in [-0.2, 0) is 0 Å². The molecule has 1 aromatic carbocycles. The Bertz CT molecular complexity index is 707. The van der Waals surface area contributed by atoms with E-state index in [4.69, 9.17) is 9.47 Å². The number of hydrogen-bond donors (Lipinski definition) is 0. The molecule has 102 valence electrons. The minimum Gasteiger partial charge on any atom is -0.493 e. The lowest BCUT2D eigenvalue weighted by molar-refractivity contribution is 0.355. The van der Waals surface area contributed by atoms with Crippen LogP contribution >= 0.6 is 11.3 Å². The zero-order chi connectivity index (χ0) is 13.9. The summed E-state index contributed by atoms with van der Waals surface area (Å²) >= 11 is 1.58. The molecule has 0 amide bonds. The van der Waals surface area contributed by atoms with Crippen molar-refractivity contribution in [2.45, 2.75) is 0 Å². The monoisotopic (exact) mass is 287 g/mol. The third-order valence-electron chi connectivity index (χ3n) is 2.91. The van der Waals surface area contributed by atoms with Gasteiger partial charge in [0, 0.05) is 17.6 Å². The van der Waals surface area contributed by atoms with E-state index in [9.17, 15) is 0 Å². The van der Waals surface area contributed by atoms with Crippen molar-refractivity contribution in [2.24, 2.45) is 0 Å². The molecule has 0 atom stereocenters. The second kappa shape index (κ2) is 5.34. The zero-order valence-electron chi connectivity index (χ0n) is 11.1. The largest absolute Gasteiger partial charge is 0.493 e. The average molecular weight is 287 g/mol. The normalized spacial score (nSPS) is 10.5. The van der Waals surface area contributed by atoms with E-state index in [1.807, 2.05) is 34.3 Å². The van der Waals surface area contributed by atoms with Crippen molar-refractivity contribution in [1.29, 1.82) is 0 Å². The molecule has 2 heterocycles. The molecule has 5 nitrogen and oxygen atoms in total. The van der Waals surface area contributed by atoms with Crippen molar-refractivity contribution in [2.75, 3.05) is 14.2 Å². The number of methoxy groups -OCH3 is 2. The van der Waals surface area contributed by atoms with Crippen LogP contribution in [0.5, 0.6) is 11.5 Å². The van der Waals surface area contributed by atoms with Gasteiger partial charge in [0.2, 0.25) is 0 Å². The van der Waals surface area contributed by atoms with Crippen LogP contribution in [0.2, 0.25) is 0 Å². The molecule has 0 bridgehead atoms. The summed E-state index contributed by atoms with van der Waals surface area (Å²) in [6.07, 6.45) is 3.54. The van der Waals surface area contributed by atoms with E-state index in [0.29, 0.717) is 11.5 Å². The summed E-state index contributed by atoms with van der Waals surface area (Å²) in [6, 6.07) is 7.63. The van der Waals surface area contributed by atoms with E-state index in [-0.39, 0.29) is 0 Å². The molecule has 0 N–H and O–H groups in total. The van der Waals surface area contributed by atoms with Crippen molar-refractivity contribution in [3.8, 4) is 27.9 Å². The van der Waals surface area contributed by atoms with Crippen LogP contribution in [-0.4, -0.2) is 29.0 Å². The fourth-order valence-electron chi connectivity index (χ4n) is 1.98. The number of thiazole rings is 1. The molecule has 20 heavy (non-hydrogen) atoms. The quantitative estimate of drug-likeness (QED) is 0.740. The Morgan fingerprint density at radius 3 is 2.60 bits per heavy atom. The fourth-order valence-corrected chi connectivity index (χ4v) is 2.63. The molecule has 3 aromatic rings. The molecule has 0 spiro atoms. The van der Waals surface area contributed by atoms with Gasteiger partial charge in [-0.25, -0.2) is 9.67 Å². The van der Waals surface area contributed by atoms with E-state index >= 15 is 0 Å². The van der Waals surface area contributed by atoms with Gasteiger partial charge in [0.25, 0.3) is 0 Å². The van der Waals surface area contributed by atoms with Gasteiger partial charge in [0.15, 0.2) is 11.5 Å². The molecule has 0 saturated heterocycles. The zero-order valence-corrected chi connectivity index (χ0v) is 11.9. The molecule has 0 aliphatic heterocycles. The van der Waals surface area contributed by atoms with E-state index in [2.05, 4.69) is 10.1 Å². The van der Waals surface area contributed by atoms with Crippen LogP contribution in [0.3, 0.4) is 0 Å². The standard InChI is InChI=1S/C14H13N3O2S/c1-18-12-4-3-10(9-13(12)19-2)17-11(5-6-16-17)14-15-7-8-20-14/h3-9H,1-2H3. The summed E-state index contributed by atoms with van der Waals surface area (Å²) in [5.41, 5.74) is 1.85. The minimum atomic E-state index is 0.672. The molecule has 0 radical (unpaired) electrons. The van der Waals surface area contributed by atoms with Crippen molar-refractivity contribution in [1.82, 2.24) is 14.8 Å². The van der Waals surface area contributed by atoms with E-state index < -0.39 is 0 Å². The highest BCUT2D eigenvalue weighted by atomic mass is 32.1. The van der Waals surface area contributed by atoms with Gasteiger partial charge in [-0.05, 0) is 18.2 Å². The number of nitrogens with zero attached hydrogens (tertiary/aromatic N) is 3. The van der Waals surface area contributed by atoms with E-state index in [0.717, 1.165) is 16.4 Å². The lowest BCUT2D eigenvalue weighted by atomic mass is 10.2. The number of benzene rings is 1. The summed E-state index contributed by atoms with van der Waals surface area (Å²) in [5, 5.41) is 7.23. The molecule has 0 aliphatic rings. The van der Waals surface area contributed by atoms with Gasteiger partial charge in [-0.3, -0.25) is 0 Å². The molecule has 3 rings (SSSR count). The third-order valence-corrected chi connectivity index (χ3v) is 3.70. The van der Waals surface area contributed by atoms with Crippen LogP contribution in [0, 0.1) is 0 Å². The Morgan fingerprint density at radius 1 is 1.05 bits per heavy atom. The van der Waals surface area contributed by atoms with E-state index in [1.165, 1.54) is 0 Å².